The molecule has 5 rings (SSSR count). The molecule has 1 aliphatic heterocycles. The lowest BCUT2D eigenvalue weighted by Gasteiger charge is -2.37. The molecule has 3 aromatic rings. The molecule has 7 nitrogen and oxygen atoms in total. The predicted octanol–water partition coefficient (Wildman–Crippen LogP) is 3.90. The molecule has 0 saturated carbocycles. The molecule has 142 valence electrons. The number of pyridine rings is 1. The van der Waals surface area contributed by atoms with Crippen LogP contribution in [0.1, 0.15) is 44.3 Å². The van der Waals surface area contributed by atoms with Crippen molar-refractivity contribution < 1.29 is 9.21 Å². The van der Waals surface area contributed by atoms with Crippen LogP contribution in [0.25, 0.3) is 11.4 Å². The quantitative estimate of drug-likeness (QED) is 0.731. The lowest BCUT2D eigenvalue weighted by atomic mass is 9.73. The van der Waals surface area contributed by atoms with Crippen molar-refractivity contribution in [3.63, 3.8) is 0 Å². The van der Waals surface area contributed by atoms with Crippen molar-refractivity contribution in [3.05, 3.63) is 59.4 Å². The molecular weight excluding hydrogens is 354 g/mol. The zero-order valence-electron chi connectivity index (χ0n) is 16.1. The standard InChI is InChI=1S/C21H21N5O2/c1-12-6-7-16(28-12)18-17-14(9-21(2,3)10-15(17)27)23-20-24-19(25-26(18)20)13-5-4-8-22-11-13/h4-8,11,18H,9-10H2,1-3H3,(H,23,24,25). The number of hydrogen-bond acceptors (Lipinski definition) is 6. The average molecular weight is 375 g/mol. The van der Waals surface area contributed by atoms with Crippen molar-refractivity contribution in [1.82, 2.24) is 19.7 Å². The average Bonchev–Trinajstić information content (AvgIpc) is 3.25. The molecule has 0 radical (unpaired) electrons. The van der Waals surface area contributed by atoms with Crippen LogP contribution in [0.4, 0.5) is 5.95 Å². The van der Waals surface area contributed by atoms with Crippen LogP contribution in [0.15, 0.2) is 52.3 Å². The van der Waals surface area contributed by atoms with Gasteiger partial charge in [0.1, 0.15) is 17.6 Å². The highest BCUT2D eigenvalue weighted by molar-refractivity contribution is 6.00. The summed E-state index contributed by atoms with van der Waals surface area (Å²) in [5.41, 5.74) is 2.37. The molecule has 3 aromatic heterocycles. The first kappa shape index (κ1) is 16.9. The number of Topliss-reactive ketones (excluding diaryl/α,β-unsaturated/α-hetero) is 1. The first-order valence-electron chi connectivity index (χ1n) is 9.38. The summed E-state index contributed by atoms with van der Waals surface area (Å²) < 4.78 is 7.69. The lowest BCUT2D eigenvalue weighted by Crippen LogP contribution is -2.36. The van der Waals surface area contributed by atoms with Gasteiger partial charge in [0.15, 0.2) is 11.6 Å². The molecule has 28 heavy (non-hydrogen) atoms. The minimum Gasteiger partial charge on any atom is -0.464 e. The highest BCUT2D eigenvalue weighted by atomic mass is 16.3. The van der Waals surface area contributed by atoms with Gasteiger partial charge in [0.25, 0.3) is 0 Å². The molecule has 1 aliphatic carbocycles. The molecule has 0 saturated heterocycles. The number of nitrogens with one attached hydrogen (secondary N) is 1. The fourth-order valence-electron chi connectivity index (χ4n) is 4.09. The summed E-state index contributed by atoms with van der Waals surface area (Å²) in [5.74, 6) is 2.80. The Morgan fingerprint density at radius 3 is 2.82 bits per heavy atom. The Kier molecular flexibility index (Phi) is 3.56. The van der Waals surface area contributed by atoms with Crippen LogP contribution in [0.3, 0.4) is 0 Å². The monoisotopic (exact) mass is 375 g/mol. The third kappa shape index (κ3) is 2.66. The normalized spacial score (nSPS) is 20.5. The Bertz CT molecular complexity index is 1110. The molecule has 7 heteroatoms. The van der Waals surface area contributed by atoms with E-state index in [1.165, 1.54) is 0 Å². The first-order valence-corrected chi connectivity index (χ1v) is 9.38. The summed E-state index contributed by atoms with van der Waals surface area (Å²) in [7, 11) is 0. The number of hydrogen-bond donors (Lipinski definition) is 1. The maximum Gasteiger partial charge on any atom is 0.227 e. The maximum absolute atomic E-state index is 13.1. The summed E-state index contributed by atoms with van der Waals surface area (Å²) in [6.07, 6.45) is 4.73. The van der Waals surface area contributed by atoms with E-state index in [2.05, 4.69) is 29.1 Å². The van der Waals surface area contributed by atoms with Crippen LogP contribution in [0, 0.1) is 12.3 Å². The molecule has 0 aromatic carbocycles. The second kappa shape index (κ2) is 5.89. The molecule has 1 unspecified atom stereocenters. The number of ketones is 1. The van der Waals surface area contributed by atoms with Gasteiger partial charge < -0.3 is 9.73 Å². The summed E-state index contributed by atoms with van der Waals surface area (Å²) >= 11 is 0. The van der Waals surface area contributed by atoms with Crippen molar-refractivity contribution in [2.75, 3.05) is 5.32 Å². The van der Waals surface area contributed by atoms with Gasteiger partial charge in [-0.3, -0.25) is 9.78 Å². The second-order valence-electron chi connectivity index (χ2n) is 8.25. The molecule has 1 atom stereocenters. The SMILES string of the molecule is Cc1ccc(C2C3=C(CC(C)(C)CC3=O)Nc3nc(-c4cccnc4)nn32)o1. The Labute approximate surface area is 162 Å². The van der Waals surface area contributed by atoms with E-state index >= 15 is 0 Å². The van der Waals surface area contributed by atoms with Gasteiger partial charge in [0.05, 0.1) is 0 Å². The summed E-state index contributed by atoms with van der Waals surface area (Å²) in [6, 6.07) is 7.18. The molecule has 1 N–H and O–H groups in total. The van der Waals surface area contributed by atoms with E-state index in [1.54, 1.807) is 17.1 Å². The number of rotatable bonds is 2. The van der Waals surface area contributed by atoms with Gasteiger partial charge in [0, 0.05) is 35.6 Å². The van der Waals surface area contributed by atoms with Crippen LogP contribution in [-0.2, 0) is 4.79 Å². The van der Waals surface area contributed by atoms with Crippen LogP contribution in [0.2, 0.25) is 0 Å². The Hall–Kier alpha value is -3.22. The number of carbonyl (C=O) groups excluding carboxylic acids is 1. The number of allylic oxidation sites excluding steroid dienone is 2. The molecule has 0 spiro atoms. The van der Waals surface area contributed by atoms with Gasteiger partial charge in [-0.15, -0.1) is 5.10 Å². The van der Waals surface area contributed by atoms with E-state index < -0.39 is 6.04 Å². The molecule has 2 aliphatic rings. The highest BCUT2D eigenvalue weighted by Gasteiger charge is 2.43. The third-order valence-electron chi connectivity index (χ3n) is 5.28. The number of nitrogens with zero attached hydrogens (tertiary/aromatic N) is 4. The molecule has 0 amide bonds. The van der Waals surface area contributed by atoms with Crippen LogP contribution >= 0.6 is 0 Å². The summed E-state index contributed by atoms with van der Waals surface area (Å²) in [4.78, 5) is 21.9. The molecule has 4 heterocycles. The number of aromatic nitrogens is 4. The number of carbonyl (C=O) groups is 1. The zero-order valence-corrected chi connectivity index (χ0v) is 16.1. The van der Waals surface area contributed by atoms with E-state index in [-0.39, 0.29) is 11.2 Å². The van der Waals surface area contributed by atoms with Gasteiger partial charge in [-0.1, -0.05) is 13.8 Å². The molecule has 0 fully saturated rings. The predicted molar refractivity (Wildman–Crippen MR) is 104 cm³/mol. The van der Waals surface area contributed by atoms with Gasteiger partial charge in [-0.05, 0) is 43.0 Å². The van der Waals surface area contributed by atoms with Crippen LogP contribution < -0.4 is 5.32 Å². The van der Waals surface area contributed by atoms with E-state index in [0.29, 0.717) is 24.0 Å². The minimum absolute atomic E-state index is 0.0963. The van der Waals surface area contributed by atoms with Crippen molar-refractivity contribution in [2.45, 2.75) is 39.7 Å². The Balaban J connectivity index is 1.68. The molecule has 0 bridgehead atoms. The van der Waals surface area contributed by atoms with Crippen molar-refractivity contribution >= 4 is 11.7 Å². The van der Waals surface area contributed by atoms with Gasteiger partial charge in [-0.25, -0.2) is 4.68 Å². The second-order valence-corrected chi connectivity index (χ2v) is 8.25. The summed E-state index contributed by atoms with van der Waals surface area (Å²) in [6.45, 7) is 6.13. The number of aryl methyl sites for hydroxylation is 1. The van der Waals surface area contributed by atoms with E-state index in [9.17, 15) is 4.79 Å². The van der Waals surface area contributed by atoms with Crippen molar-refractivity contribution in [2.24, 2.45) is 5.41 Å². The van der Waals surface area contributed by atoms with Gasteiger partial charge in [0.2, 0.25) is 5.95 Å². The Morgan fingerprint density at radius 1 is 1.25 bits per heavy atom. The van der Waals surface area contributed by atoms with Gasteiger partial charge >= 0.3 is 0 Å². The Morgan fingerprint density at radius 2 is 2.11 bits per heavy atom. The summed E-state index contributed by atoms with van der Waals surface area (Å²) in [5, 5.41) is 8.07. The third-order valence-corrected chi connectivity index (χ3v) is 5.28. The number of furan rings is 1. The van der Waals surface area contributed by atoms with E-state index in [4.69, 9.17) is 9.52 Å². The van der Waals surface area contributed by atoms with E-state index in [1.807, 2.05) is 31.2 Å². The topological polar surface area (TPSA) is 85.8 Å². The first-order chi connectivity index (χ1) is 13.4. The smallest absolute Gasteiger partial charge is 0.227 e. The van der Waals surface area contributed by atoms with Crippen molar-refractivity contribution in [3.8, 4) is 11.4 Å². The molecular formula is C21H21N5O2. The zero-order chi connectivity index (χ0) is 19.5. The maximum atomic E-state index is 13.1. The number of anilines is 1. The minimum atomic E-state index is -0.415. The highest BCUT2D eigenvalue weighted by Crippen LogP contribution is 2.45. The van der Waals surface area contributed by atoms with E-state index in [0.717, 1.165) is 29.0 Å². The van der Waals surface area contributed by atoms with Crippen LogP contribution in [0.5, 0.6) is 0 Å². The fraction of sp³-hybridized carbons (Fsp3) is 0.333. The fourth-order valence-corrected chi connectivity index (χ4v) is 4.09. The largest absolute Gasteiger partial charge is 0.464 e. The van der Waals surface area contributed by atoms with Gasteiger partial charge in [-0.2, -0.15) is 4.98 Å². The lowest BCUT2D eigenvalue weighted by molar-refractivity contribution is -0.118. The van der Waals surface area contributed by atoms with Crippen molar-refractivity contribution in [1.29, 1.82) is 0 Å². The number of fused-ring (bicyclic) bond motifs is 1. The van der Waals surface area contributed by atoms with Crippen LogP contribution in [-0.4, -0.2) is 25.5 Å².